The van der Waals surface area contributed by atoms with Gasteiger partial charge in [-0.15, -0.1) is 0 Å². The van der Waals surface area contributed by atoms with Gasteiger partial charge in [-0.05, 0) is 0 Å². The molecule has 0 radical (unpaired) electrons. The van der Waals surface area contributed by atoms with E-state index in [0.717, 1.165) is 5.56 Å². The molecule has 0 aliphatic carbocycles. The molecule has 0 aromatic heterocycles. The van der Waals surface area contributed by atoms with Gasteiger partial charge in [-0.2, -0.15) is 0 Å². The number of carbonyl (C=O) groups excluding carboxylic acids is 1. The fourth-order valence-electron chi connectivity index (χ4n) is 4.28. The predicted octanol–water partition coefficient (Wildman–Crippen LogP) is 8.89. The van der Waals surface area contributed by atoms with Gasteiger partial charge in [0.25, 0.3) is 0 Å². The molecule has 2 aromatic carbocycles. The fraction of sp³-hybridized carbons (Fsp3) is 0.581. The molecular formula is C31H49NO4Sn. The molecule has 0 saturated heterocycles. The fourth-order valence-corrected chi connectivity index (χ4v) is 17.7. The van der Waals surface area contributed by atoms with Crippen LogP contribution in [0.15, 0.2) is 60.7 Å². The Bertz CT molecular complexity index is 863. The zero-order valence-electron chi connectivity index (χ0n) is 24.0. The second-order valence-electron chi connectivity index (χ2n) is 11.0. The molecule has 0 fully saturated rings. The summed E-state index contributed by atoms with van der Waals surface area (Å²) in [5, 5.41) is 1.79. The summed E-state index contributed by atoms with van der Waals surface area (Å²) < 4.78 is 16.5. The molecule has 206 valence electrons. The molecule has 5 nitrogen and oxygen atoms in total. The van der Waals surface area contributed by atoms with E-state index >= 15 is 0 Å². The summed E-state index contributed by atoms with van der Waals surface area (Å²) in [6.45, 7) is 13.3. The molecule has 0 heterocycles. The Morgan fingerprint density at radius 2 is 1.30 bits per heavy atom. The Morgan fingerprint density at radius 1 is 0.811 bits per heavy atom. The Balaban J connectivity index is 2.32. The Morgan fingerprint density at radius 3 is 1.76 bits per heavy atom. The van der Waals surface area contributed by atoms with Crippen LogP contribution in [0.4, 0.5) is 0 Å². The Labute approximate surface area is 230 Å². The van der Waals surface area contributed by atoms with Crippen molar-refractivity contribution in [3.8, 4) is 0 Å². The van der Waals surface area contributed by atoms with E-state index in [1.165, 1.54) is 51.8 Å². The summed E-state index contributed by atoms with van der Waals surface area (Å²) in [7, 11) is 0. The number of esters is 1. The van der Waals surface area contributed by atoms with Crippen LogP contribution in [0.25, 0.3) is 0 Å². The number of rotatable bonds is 17. The van der Waals surface area contributed by atoms with Crippen molar-refractivity contribution in [1.29, 1.82) is 0 Å². The number of carbonyl (C=O) groups is 1. The number of ether oxygens (including phenoxy) is 1. The molecule has 0 N–H and O–H groups in total. The second-order valence-corrected chi connectivity index (χ2v) is 22.5. The molecule has 0 spiro atoms. The molecule has 0 saturated carbocycles. The van der Waals surface area contributed by atoms with Gasteiger partial charge in [0.15, 0.2) is 0 Å². The van der Waals surface area contributed by atoms with Crippen molar-refractivity contribution >= 4 is 24.8 Å². The van der Waals surface area contributed by atoms with E-state index in [0.29, 0.717) is 5.56 Å². The van der Waals surface area contributed by atoms with Crippen LogP contribution in [-0.4, -0.2) is 42.1 Å². The van der Waals surface area contributed by atoms with E-state index in [-0.39, 0.29) is 18.1 Å². The predicted molar refractivity (Wildman–Crippen MR) is 155 cm³/mol. The summed E-state index contributed by atoms with van der Waals surface area (Å²) in [5.41, 5.74) is 1.12. The van der Waals surface area contributed by atoms with Crippen molar-refractivity contribution in [1.82, 2.24) is 5.23 Å². The normalized spacial score (nSPS) is 13.1. The molecule has 6 heteroatoms. The average Bonchev–Trinajstić information content (AvgIpc) is 2.91. The molecule has 0 bridgehead atoms. The zero-order chi connectivity index (χ0) is 27.2. The van der Waals surface area contributed by atoms with Crippen LogP contribution in [0.5, 0.6) is 0 Å². The van der Waals surface area contributed by atoms with Crippen molar-refractivity contribution in [3.63, 3.8) is 0 Å². The van der Waals surface area contributed by atoms with Crippen LogP contribution < -0.4 is 0 Å². The van der Waals surface area contributed by atoms with Crippen LogP contribution in [0.3, 0.4) is 0 Å². The molecule has 0 amide bonds. The van der Waals surface area contributed by atoms with E-state index < -0.39 is 24.9 Å². The van der Waals surface area contributed by atoms with Gasteiger partial charge in [-0.25, -0.2) is 0 Å². The number of hydrogen-bond acceptors (Lipinski definition) is 5. The number of hydroxylamine groups is 2. The summed E-state index contributed by atoms with van der Waals surface area (Å²) in [4.78, 5) is 19.4. The van der Waals surface area contributed by atoms with Crippen molar-refractivity contribution in [2.45, 2.75) is 105 Å². The Kier molecular flexibility index (Phi) is 14.2. The van der Waals surface area contributed by atoms with Crippen molar-refractivity contribution in [2.24, 2.45) is 0 Å². The molecule has 1 unspecified atom stereocenters. The minimum atomic E-state index is -3.04. The topological polar surface area (TPSA) is 48.0 Å². The molecular weight excluding hydrogens is 569 g/mol. The van der Waals surface area contributed by atoms with Crippen LogP contribution >= 0.6 is 0 Å². The number of nitrogens with zero attached hydrogens (tertiary/aromatic N) is 1. The first kappa shape index (κ1) is 31.8. The maximum absolute atomic E-state index is 12.7. The molecule has 0 aliphatic heterocycles. The van der Waals surface area contributed by atoms with Gasteiger partial charge in [0.2, 0.25) is 0 Å². The van der Waals surface area contributed by atoms with Crippen LogP contribution in [-0.2, 0) is 12.7 Å². The van der Waals surface area contributed by atoms with Gasteiger partial charge >= 0.3 is 231 Å². The first-order valence-corrected chi connectivity index (χ1v) is 21.4. The SMILES string of the molecule is CCC[CH2][Sn]([CH2]CCC)([CH2]CCC)[O]N(OC(COC(=O)c1ccccc1)c1ccccc1)C(C)(C)C. The molecule has 1 atom stereocenters. The minimum absolute atomic E-state index is 0.106. The third-order valence-electron chi connectivity index (χ3n) is 6.55. The van der Waals surface area contributed by atoms with E-state index in [1.807, 2.05) is 48.5 Å². The van der Waals surface area contributed by atoms with E-state index in [9.17, 15) is 4.79 Å². The number of hydrogen-bond donors (Lipinski definition) is 0. The van der Waals surface area contributed by atoms with E-state index in [1.54, 1.807) is 17.4 Å². The third-order valence-corrected chi connectivity index (χ3v) is 19.0. The third kappa shape index (κ3) is 11.1. The van der Waals surface area contributed by atoms with E-state index in [4.69, 9.17) is 12.7 Å². The molecule has 2 rings (SSSR count). The monoisotopic (exact) mass is 619 g/mol. The van der Waals surface area contributed by atoms with Crippen molar-refractivity contribution in [3.05, 3.63) is 71.8 Å². The van der Waals surface area contributed by atoms with Gasteiger partial charge in [-0.1, -0.05) is 0 Å². The quantitative estimate of drug-likeness (QED) is 0.101. The van der Waals surface area contributed by atoms with Gasteiger partial charge in [0.1, 0.15) is 0 Å². The van der Waals surface area contributed by atoms with Crippen LogP contribution in [0.1, 0.15) is 102 Å². The molecule has 2 aromatic rings. The first-order chi connectivity index (χ1) is 17.7. The molecule has 0 aliphatic rings. The van der Waals surface area contributed by atoms with E-state index in [2.05, 4.69) is 41.5 Å². The number of unbranched alkanes of at least 4 members (excludes halogenated alkanes) is 3. The second kappa shape index (κ2) is 16.5. The van der Waals surface area contributed by atoms with Crippen molar-refractivity contribution in [2.75, 3.05) is 6.61 Å². The first-order valence-electron chi connectivity index (χ1n) is 14.2. The Hall–Kier alpha value is -1.41. The van der Waals surface area contributed by atoms with Crippen LogP contribution in [0, 0.1) is 0 Å². The van der Waals surface area contributed by atoms with Gasteiger partial charge in [0, 0.05) is 0 Å². The summed E-state index contributed by atoms with van der Waals surface area (Å²) in [6, 6.07) is 19.1. The average molecular weight is 618 g/mol. The molecule has 37 heavy (non-hydrogen) atoms. The summed E-state index contributed by atoms with van der Waals surface area (Å²) in [6.07, 6.45) is 6.69. The van der Waals surface area contributed by atoms with Crippen molar-refractivity contribution < 1.29 is 17.5 Å². The van der Waals surface area contributed by atoms with Gasteiger partial charge in [0.05, 0.1) is 0 Å². The standard InChI is InChI=1S/C19H22NO4.3C4H9.Sn/c1-19(2,3)20(22)24-17(15-10-6-4-7-11-15)14-23-18(21)16-12-8-5-9-13-16;3*1-3-4-2;/h4-13,17H,14H2,1-3H3;3*1,3-4H2,2H3;/q-1;;;;+1. The maximum atomic E-state index is 12.7. The number of benzene rings is 2. The van der Waals surface area contributed by atoms with Gasteiger partial charge in [-0.3, -0.25) is 0 Å². The van der Waals surface area contributed by atoms with Crippen LogP contribution in [0.2, 0.25) is 13.3 Å². The van der Waals surface area contributed by atoms with Gasteiger partial charge < -0.3 is 0 Å². The summed E-state index contributed by atoms with van der Waals surface area (Å²) in [5.74, 6) is -0.351. The zero-order valence-corrected chi connectivity index (χ0v) is 26.9. The summed E-state index contributed by atoms with van der Waals surface area (Å²) >= 11 is -3.04.